The Morgan fingerprint density at radius 3 is 2.43 bits per heavy atom. The summed E-state index contributed by atoms with van der Waals surface area (Å²) >= 11 is 11.6. The highest BCUT2D eigenvalue weighted by atomic mass is 35.5. The van der Waals surface area contributed by atoms with Gasteiger partial charge in [0.2, 0.25) is 0 Å². The molecule has 0 amide bonds. The van der Waals surface area contributed by atoms with Crippen LogP contribution >= 0.6 is 23.2 Å². The van der Waals surface area contributed by atoms with Gasteiger partial charge in [-0.3, -0.25) is 0 Å². The molecule has 0 atom stereocenters. The first-order valence-corrected chi connectivity index (χ1v) is 5.21. The average molecular weight is 234 g/mol. The van der Waals surface area contributed by atoms with Gasteiger partial charge in [0.15, 0.2) is 0 Å². The van der Waals surface area contributed by atoms with Crippen LogP contribution in [-0.4, -0.2) is 20.2 Å². The van der Waals surface area contributed by atoms with Gasteiger partial charge in [0.05, 0.1) is 6.61 Å². The van der Waals surface area contributed by atoms with Crippen molar-refractivity contribution in [1.29, 1.82) is 0 Å². The summed E-state index contributed by atoms with van der Waals surface area (Å²) in [5, 5.41) is 4.24. The first-order chi connectivity index (χ1) is 6.72. The highest BCUT2D eigenvalue weighted by molar-refractivity contribution is 6.34. The van der Waals surface area contributed by atoms with Crippen LogP contribution in [0.5, 0.6) is 5.75 Å². The van der Waals surface area contributed by atoms with Crippen molar-refractivity contribution in [1.82, 2.24) is 5.32 Å². The SMILES string of the molecule is CNCCCOc1cc(Cl)cc(Cl)c1. The normalized spacial score (nSPS) is 10.2. The number of benzene rings is 1. The van der Waals surface area contributed by atoms with Crippen LogP contribution in [0.1, 0.15) is 6.42 Å². The van der Waals surface area contributed by atoms with Crippen molar-refractivity contribution < 1.29 is 4.74 Å². The van der Waals surface area contributed by atoms with Crippen LogP contribution in [0.2, 0.25) is 10.0 Å². The van der Waals surface area contributed by atoms with E-state index in [2.05, 4.69) is 5.32 Å². The Kier molecular flexibility index (Phi) is 5.09. The molecule has 0 unspecified atom stereocenters. The Balaban J connectivity index is 2.42. The fourth-order valence-corrected chi connectivity index (χ4v) is 1.56. The van der Waals surface area contributed by atoms with Crippen LogP contribution in [0.25, 0.3) is 0 Å². The van der Waals surface area contributed by atoms with Gasteiger partial charge in [-0.05, 0) is 38.2 Å². The Hall–Kier alpha value is -0.440. The molecule has 0 radical (unpaired) electrons. The summed E-state index contributed by atoms with van der Waals surface area (Å²) < 4.78 is 5.46. The average Bonchev–Trinajstić information content (AvgIpc) is 2.11. The summed E-state index contributed by atoms with van der Waals surface area (Å²) in [5.74, 6) is 0.721. The van der Waals surface area contributed by atoms with E-state index >= 15 is 0 Å². The molecule has 0 aliphatic heterocycles. The molecule has 0 fully saturated rings. The van der Waals surface area contributed by atoms with Gasteiger partial charge in [0, 0.05) is 10.0 Å². The zero-order valence-corrected chi connectivity index (χ0v) is 9.53. The summed E-state index contributed by atoms with van der Waals surface area (Å²) in [7, 11) is 1.91. The third kappa shape index (κ3) is 4.18. The molecule has 0 aliphatic carbocycles. The summed E-state index contributed by atoms with van der Waals surface area (Å²) in [6.07, 6.45) is 0.959. The maximum Gasteiger partial charge on any atom is 0.122 e. The molecule has 0 heterocycles. The fourth-order valence-electron chi connectivity index (χ4n) is 1.05. The molecule has 4 heteroatoms. The summed E-state index contributed by atoms with van der Waals surface area (Å²) in [4.78, 5) is 0. The van der Waals surface area contributed by atoms with E-state index in [0.29, 0.717) is 16.7 Å². The van der Waals surface area contributed by atoms with Crippen molar-refractivity contribution in [2.24, 2.45) is 0 Å². The van der Waals surface area contributed by atoms with Gasteiger partial charge >= 0.3 is 0 Å². The molecule has 1 N–H and O–H groups in total. The van der Waals surface area contributed by atoms with E-state index in [1.54, 1.807) is 18.2 Å². The molecule has 0 bridgehead atoms. The van der Waals surface area contributed by atoms with E-state index in [1.807, 2.05) is 7.05 Å². The molecular weight excluding hydrogens is 221 g/mol. The maximum atomic E-state index is 5.81. The van der Waals surface area contributed by atoms with Crippen LogP contribution in [-0.2, 0) is 0 Å². The van der Waals surface area contributed by atoms with Crippen LogP contribution in [0.15, 0.2) is 18.2 Å². The molecule has 1 aromatic rings. The van der Waals surface area contributed by atoms with Gasteiger partial charge in [-0.25, -0.2) is 0 Å². The topological polar surface area (TPSA) is 21.3 Å². The van der Waals surface area contributed by atoms with E-state index in [1.165, 1.54) is 0 Å². The smallest absolute Gasteiger partial charge is 0.122 e. The Labute approximate surface area is 94.2 Å². The zero-order valence-electron chi connectivity index (χ0n) is 8.02. The summed E-state index contributed by atoms with van der Waals surface area (Å²) in [6, 6.07) is 5.20. The summed E-state index contributed by atoms with van der Waals surface area (Å²) in [5.41, 5.74) is 0. The minimum Gasteiger partial charge on any atom is -0.493 e. The van der Waals surface area contributed by atoms with Crippen molar-refractivity contribution in [3.05, 3.63) is 28.2 Å². The van der Waals surface area contributed by atoms with E-state index < -0.39 is 0 Å². The third-order valence-corrected chi connectivity index (χ3v) is 2.11. The lowest BCUT2D eigenvalue weighted by molar-refractivity contribution is 0.310. The summed E-state index contributed by atoms with van der Waals surface area (Å²) in [6.45, 7) is 1.60. The van der Waals surface area contributed by atoms with Crippen LogP contribution in [0, 0.1) is 0 Å². The Bertz CT molecular complexity index is 271. The lowest BCUT2D eigenvalue weighted by Gasteiger charge is -2.06. The van der Waals surface area contributed by atoms with Crippen molar-refractivity contribution in [3.63, 3.8) is 0 Å². The van der Waals surface area contributed by atoms with Crippen molar-refractivity contribution in [2.75, 3.05) is 20.2 Å². The Morgan fingerprint density at radius 2 is 1.86 bits per heavy atom. The largest absolute Gasteiger partial charge is 0.493 e. The maximum absolute atomic E-state index is 5.81. The van der Waals surface area contributed by atoms with E-state index in [4.69, 9.17) is 27.9 Å². The first kappa shape index (κ1) is 11.6. The standard InChI is InChI=1S/C10H13Cl2NO/c1-13-3-2-4-14-10-6-8(11)5-9(12)7-10/h5-7,13H,2-4H2,1H3. The molecule has 0 aliphatic rings. The number of nitrogens with one attached hydrogen (secondary N) is 1. The van der Waals surface area contributed by atoms with Crippen molar-refractivity contribution in [3.8, 4) is 5.75 Å². The first-order valence-electron chi connectivity index (χ1n) is 4.46. The lowest BCUT2D eigenvalue weighted by Crippen LogP contribution is -2.11. The zero-order chi connectivity index (χ0) is 10.4. The monoisotopic (exact) mass is 233 g/mol. The molecule has 78 valence electrons. The number of rotatable bonds is 5. The van der Waals surface area contributed by atoms with Crippen molar-refractivity contribution in [2.45, 2.75) is 6.42 Å². The van der Waals surface area contributed by atoms with E-state index in [-0.39, 0.29) is 0 Å². The Morgan fingerprint density at radius 1 is 1.21 bits per heavy atom. The predicted octanol–water partition coefficient (Wildman–Crippen LogP) is 2.98. The molecule has 1 aromatic carbocycles. The van der Waals surface area contributed by atoms with Gasteiger partial charge < -0.3 is 10.1 Å². The number of hydrogen-bond acceptors (Lipinski definition) is 2. The van der Waals surface area contributed by atoms with E-state index in [0.717, 1.165) is 18.7 Å². The minimum absolute atomic E-state index is 0.598. The van der Waals surface area contributed by atoms with Gasteiger partial charge in [-0.1, -0.05) is 23.2 Å². The molecule has 1 rings (SSSR count). The fraction of sp³-hybridized carbons (Fsp3) is 0.400. The third-order valence-electron chi connectivity index (χ3n) is 1.68. The molecular formula is C10H13Cl2NO. The molecule has 0 saturated heterocycles. The predicted molar refractivity (Wildman–Crippen MR) is 60.5 cm³/mol. The van der Waals surface area contributed by atoms with E-state index in [9.17, 15) is 0 Å². The molecule has 0 spiro atoms. The van der Waals surface area contributed by atoms with Crippen LogP contribution in [0.3, 0.4) is 0 Å². The van der Waals surface area contributed by atoms with Crippen molar-refractivity contribution >= 4 is 23.2 Å². The quantitative estimate of drug-likeness (QED) is 0.791. The van der Waals surface area contributed by atoms with Gasteiger partial charge in [0.1, 0.15) is 5.75 Å². The number of ether oxygens (including phenoxy) is 1. The highest BCUT2D eigenvalue weighted by Crippen LogP contribution is 2.24. The molecule has 0 aromatic heterocycles. The second kappa shape index (κ2) is 6.12. The number of halogens is 2. The minimum atomic E-state index is 0.598. The molecule has 14 heavy (non-hydrogen) atoms. The second-order valence-electron chi connectivity index (χ2n) is 2.91. The highest BCUT2D eigenvalue weighted by Gasteiger charge is 1.98. The lowest BCUT2D eigenvalue weighted by atomic mass is 10.3. The van der Waals surface area contributed by atoms with Crippen LogP contribution < -0.4 is 10.1 Å². The number of hydrogen-bond donors (Lipinski definition) is 1. The second-order valence-corrected chi connectivity index (χ2v) is 3.78. The van der Waals surface area contributed by atoms with Gasteiger partial charge in [0.25, 0.3) is 0 Å². The van der Waals surface area contributed by atoms with Gasteiger partial charge in [-0.2, -0.15) is 0 Å². The molecule has 0 saturated carbocycles. The molecule has 2 nitrogen and oxygen atoms in total. The van der Waals surface area contributed by atoms with Crippen LogP contribution in [0.4, 0.5) is 0 Å². The van der Waals surface area contributed by atoms with Gasteiger partial charge in [-0.15, -0.1) is 0 Å².